The first kappa shape index (κ1) is 23.1. The molecule has 34 heavy (non-hydrogen) atoms. The minimum atomic E-state index is -3.75. The van der Waals surface area contributed by atoms with Crippen LogP contribution in [0.25, 0.3) is 11.5 Å². The fraction of sp³-hybridized carbons (Fsp3) is 0.263. The maximum atomic E-state index is 13.2. The van der Waals surface area contributed by atoms with E-state index in [-0.39, 0.29) is 57.2 Å². The molecule has 5 rings (SSSR count). The van der Waals surface area contributed by atoms with E-state index >= 15 is 0 Å². The quantitative estimate of drug-likeness (QED) is 0.421. The molecule has 1 fully saturated rings. The van der Waals surface area contributed by atoms with Crippen LogP contribution in [0, 0.1) is 6.92 Å². The van der Waals surface area contributed by atoms with Crippen molar-refractivity contribution >= 4 is 56.0 Å². The Bertz CT molecular complexity index is 1560. The maximum Gasteiger partial charge on any atom is 0.276 e. The Morgan fingerprint density at radius 3 is 2.62 bits per heavy atom. The Hall–Kier alpha value is -2.71. The van der Waals surface area contributed by atoms with Gasteiger partial charge in [0.2, 0.25) is 5.95 Å². The molecule has 1 aliphatic heterocycles. The van der Waals surface area contributed by atoms with Crippen LogP contribution in [0.2, 0.25) is 9.36 Å². The van der Waals surface area contributed by atoms with E-state index in [9.17, 15) is 18.0 Å². The number of piperazine rings is 1. The smallest absolute Gasteiger partial charge is 0.276 e. The molecule has 0 radical (unpaired) electrons. The van der Waals surface area contributed by atoms with Gasteiger partial charge < -0.3 is 4.90 Å². The zero-order valence-corrected chi connectivity index (χ0v) is 20.7. The molecule has 5 heterocycles. The SMILES string of the molecule is Cc1c(C(=O)N2CCN(S(=O)(=O)c3cc(Cl)c(Cl)s3)CC2)cnn1-c1nn2cccc2c(=O)[nH]1. The largest absolute Gasteiger partial charge is 0.336 e. The van der Waals surface area contributed by atoms with Crippen LogP contribution in [-0.2, 0) is 10.0 Å². The lowest BCUT2D eigenvalue weighted by Crippen LogP contribution is -2.50. The predicted octanol–water partition coefficient (Wildman–Crippen LogP) is 2.03. The Labute approximate surface area is 207 Å². The first-order valence-corrected chi connectivity index (χ1v) is 13.0. The van der Waals surface area contributed by atoms with Crippen molar-refractivity contribution in [1.29, 1.82) is 0 Å². The number of H-pyrrole nitrogens is 1. The molecule has 1 amide bonds. The summed E-state index contributed by atoms with van der Waals surface area (Å²) in [4.78, 5) is 29.7. The van der Waals surface area contributed by atoms with Gasteiger partial charge in [-0.15, -0.1) is 16.4 Å². The Kier molecular flexibility index (Phi) is 5.76. The highest BCUT2D eigenvalue weighted by Gasteiger charge is 2.33. The zero-order chi connectivity index (χ0) is 24.2. The summed E-state index contributed by atoms with van der Waals surface area (Å²) < 4.78 is 30.2. The van der Waals surface area contributed by atoms with Gasteiger partial charge >= 0.3 is 0 Å². The topological polar surface area (TPSA) is 126 Å². The molecule has 15 heteroatoms. The number of amides is 1. The third-order valence-corrected chi connectivity index (χ3v) is 9.79. The van der Waals surface area contributed by atoms with Crippen molar-refractivity contribution in [2.24, 2.45) is 0 Å². The number of aromatic amines is 1. The van der Waals surface area contributed by atoms with Crippen molar-refractivity contribution < 1.29 is 13.2 Å². The van der Waals surface area contributed by atoms with E-state index in [1.54, 1.807) is 30.2 Å². The summed E-state index contributed by atoms with van der Waals surface area (Å²) in [5.74, 6) is -0.109. The average Bonchev–Trinajstić information content (AvgIpc) is 3.53. The van der Waals surface area contributed by atoms with Gasteiger partial charge in [-0.05, 0) is 25.1 Å². The van der Waals surface area contributed by atoms with Gasteiger partial charge in [-0.3, -0.25) is 14.6 Å². The number of rotatable bonds is 4. The number of hydrogen-bond donors (Lipinski definition) is 1. The molecule has 1 N–H and O–H groups in total. The summed E-state index contributed by atoms with van der Waals surface area (Å²) >= 11 is 12.7. The standard InChI is InChI=1S/C19H17Cl2N7O4S2/c1-11-12(10-22-28(11)19-23-17(29)14-3-2-4-27(14)24-19)18(30)25-5-7-26(8-6-25)34(31,32)15-9-13(20)16(21)33-15/h2-4,9-10H,5-8H2,1H3,(H,23,24,29). The molecule has 0 aromatic carbocycles. The van der Waals surface area contributed by atoms with Gasteiger partial charge in [0.25, 0.3) is 21.5 Å². The number of fused-ring (bicyclic) bond motifs is 1. The van der Waals surface area contributed by atoms with Crippen LogP contribution < -0.4 is 5.56 Å². The molecule has 11 nitrogen and oxygen atoms in total. The third-order valence-electron chi connectivity index (χ3n) is 5.57. The van der Waals surface area contributed by atoms with Gasteiger partial charge in [-0.2, -0.15) is 9.40 Å². The van der Waals surface area contributed by atoms with Crippen LogP contribution >= 0.6 is 34.5 Å². The molecule has 0 atom stereocenters. The van der Waals surface area contributed by atoms with Crippen molar-refractivity contribution in [3.63, 3.8) is 0 Å². The van der Waals surface area contributed by atoms with Crippen LogP contribution in [0.5, 0.6) is 0 Å². The third kappa shape index (κ3) is 3.82. The number of aromatic nitrogens is 5. The molecule has 0 aliphatic carbocycles. The molecular formula is C19H17Cl2N7O4S2. The van der Waals surface area contributed by atoms with Gasteiger partial charge in [-0.25, -0.2) is 17.6 Å². The number of thiophene rings is 1. The first-order chi connectivity index (χ1) is 16.2. The van der Waals surface area contributed by atoms with E-state index in [0.29, 0.717) is 16.8 Å². The van der Waals surface area contributed by atoms with Gasteiger partial charge in [0, 0.05) is 32.4 Å². The molecule has 1 saturated heterocycles. The number of hydrogen-bond acceptors (Lipinski definition) is 7. The van der Waals surface area contributed by atoms with Crippen molar-refractivity contribution in [3.05, 3.63) is 61.6 Å². The maximum absolute atomic E-state index is 13.2. The predicted molar refractivity (Wildman–Crippen MR) is 127 cm³/mol. The summed E-state index contributed by atoms with van der Waals surface area (Å²) in [6.45, 7) is 2.38. The molecule has 0 bridgehead atoms. The second kappa shape index (κ2) is 8.50. The Morgan fingerprint density at radius 2 is 1.94 bits per heavy atom. The van der Waals surface area contributed by atoms with Crippen LogP contribution in [0.3, 0.4) is 0 Å². The number of nitrogens with zero attached hydrogens (tertiary/aromatic N) is 6. The molecule has 0 unspecified atom stereocenters. The number of carbonyl (C=O) groups excluding carboxylic acids is 1. The molecule has 0 saturated carbocycles. The lowest BCUT2D eigenvalue weighted by Gasteiger charge is -2.33. The van der Waals surface area contributed by atoms with Gasteiger partial charge in [0.05, 0.1) is 22.5 Å². The second-order valence-electron chi connectivity index (χ2n) is 7.55. The Balaban J connectivity index is 1.33. The summed E-state index contributed by atoms with van der Waals surface area (Å²) in [7, 11) is -3.75. The lowest BCUT2D eigenvalue weighted by atomic mass is 10.2. The minimum absolute atomic E-state index is 0.0700. The van der Waals surface area contributed by atoms with E-state index in [0.717, 1.165) is 11.3 Å². The summed E-state index contributed by atoms with van der Waals surface area (Å²) in [6, 6.07) is 4.68. The summed E-state index contributed by atoms with van der Waals surface area (Å²) in [6.07, 6.45) is 3.06. The molecule has 4 aromatic heterocycles. The monoisotopic (exact) mass is 541 g/mol. The summed E-state index contributed by atoms with van der Waals surface area (Å²) in [5, 5.41) is 8.76. The first-order valence-electron chi connectivity index (χ1n) is 10.0. The second-order valence-corrected chi connectivity index (χ2v) is 11.8. The van der Waals surface area contributed by atoms with Crippen molar-refractivity contribution in [2.75, 3.05) is 26.2 Å². The van der Waals surface area contributed by atoms with Crippen molar-refractivity contribution in [3.8, 4) is 5.95 Å². The molecule has 4 aromatic rings. The van der Waals surface area contributed by atoms with Crippen LogP contribution in [-0.4, -0.2) is 74.1 Å². The number of sulfonamides is 1. The Morgan fingerprint density at radius 1 is 1.21 bits per heavy atom. The zero-order valence-electron chi connectivity index (χ0n) is 17.6. The highest BCUT2D eigenvalue weighted by atomic mass is 35.5. The number of halogens is 2. The lowest BCUT2D eigenvalue weighted by molar-refractivity contribution is 0.0697. The normalized spacial score (nSPS) is 15.3. The summed E-state index contributed by atoms with van der Waals surface area (Å²) in [5.41, 5.74) is 0.897. The van der Waals surface area contributed by atoms with E-state index in [4.69, 9.17) is 23.2 Å². The fourth-order valence-corrected chi connectivity index (χ4v) is 7.20. The van der Waals surface area contributed by atoms with Crippen LogP contribution in [0.4, 0.5) is 0 Å². The number of carbonyl (C=O) groups is 1. The molecular weight excluding hydrogens is 525 g/mol. The van der Waals surface area contributed by atoms with E-state index in [1.807, 2.05) is 0 Å². The van der Waals surface area contributed by atoms with Crippen molar-refractivity contribution in [2.45, 2.75) is 11.1 Å². The van der Waals surface area contributed by atoms with Crippen LogP contribution in [0.15, 0.2) is 39.6 Å². The highest BCUT2D eigenvalue weighted by Crippen LogP contribution is 2.35. The fourth-order valence-electron chi connectivity index (χ4n) is 3.74. The van der Waals surface area contributed by atoms with Gasteiger partial charge in [0.15, 0.2) is 0 Å². The van der Waals surface area contributed by atoms with Crippen molar-refractivity contribution in [1.82, 2.24) is 33.6 Å². The highest BCUT2D eigenvalue weighted by molar-refractivity contribution is 7.91. The van der Waals surface area contributed by atoms with E-state index in [2.05, 4.69) is 15.2 Å². The molecule has 0 spiro atoms. The van der Waals surface area contributed by atoms with Gasteiger partial charge in [-0.1, -0.05) is 23.2 Å². The average molecular weight is 542 g/mol. The van der Waals surface area contributed by atoms with Crippen LogP contribution in [0.1, 0.15) is 16.1 Å². The molecule has 178 valence electrons. The number of nitrogens with one attached hydrogen (secondary N) is 1. The molecule has 1 aliphatic rings. The minimum Gasteiger partial charge on any atom is -0.336 e. The van der Waals surface area contributed by atoms with E-state index in [1.165, 1.54) is 25.8 Å². The van der Waals surface area contributed by atoms with E-state index < -0.39 is 10.0 Å². The van der Waals surface area contributed by atoms with Gasteiger partial charge in [0.1, 0.15) is 14.1 Å².